The molecule has 6 nitrogen and oxygen atoms in total. The molecule has 5 rings (SSSR count). The van der Waals surface area contributed by atoms with E-state index in [4.69, 9.17) is 5.73 Å². The van der Waals surface area contributed by atoms with Crippen LogP contribution in [0.4, 0.5) is 5.82 Å². The van der Waals surface area contributed by atoms with E-state index < -0.39 is 0 Å². The first kappa shape index (κ1) is 18.0. The second-order valence-electron chi connectivity index (χ2n) is 7.50. The average molecular weight is 404 g/mol. The molecule has 0 aliphatic heterocycles. The van der Waals surface area contributed by atoms with Gasteiger partial charge in [0.15, 0.2) is 0 Å². The second-order valence-corrected chi connectivity index (χ2v) is 8.56. The van der Waals surface area contributed by atoms with Gasteiger partial charge in [0.2, 0.25) is 0 Å². The topological polar surface area (TPSA) is 86.7 Å². The molecule has 0 atom stereocenters. The summed E-state index contributed by atoms with van der Waals surface area (Å²) in [5, 5.41) is 5.46. The molecule has 7 heteroatoms. The number of nitrogen functional groups attached to an aromatic ring is 1. The van der Waals surface area contributed by atoms with E-state index >= 15 is 0 Å². The van der Waals surface area contributed by atoms with E-state index in [1.165, 1.54) is 16.8 Å². The molecule has 0 saturated heterocycles. The van der Waals surface area contributed by atoms with Crippen LogP contribution in [-0.2, 0) is 11.3 Å². The van der Waals surface area contributed by atoms with Crippen LogP contribution in [-0.4, -0.2) is 25.5 Å². The van der Waals surface area contributed by atoms with Crippen molar-refractivity contribution >= 4 is 33.8 Å². The van der Waals surface area contributed by atoms with Gasteiger partial charge in [-0.15, -0.1) is 11.3 Å². The maximum absolute atomic E-state index is 11.7. The maximum atomic E-state index is 11.7. The lowest BCUT2D eigenvalue weighted by molar-refractivity contribution is -0.120. The van der Waals surface area contributed by atoms with Crippen molar-refractivity contribution in [2.24, 2.45) is 0 Å². The summed E-state index contributed by atoms with van der Waals surface area (Å²) in [5.74, 6) is 1.21. The SMILES string of the molecule is Nc1ncnc2c(C3CCC(=O)CC3)sc(-c3cnn(Cc4ccccc4)c3)c12. The fourth-order valence-electron chi connectivity index (χ4n) is 4.04. The molecule has 0 bridgehead atoms. The van der Waals surface area contributed by atoms with E-state index in [0.717, 1.165) is 34.2 Å². The smallest absolute Gasteiger partial charge is 0.136 e. The average Bonchev–Trinajstić information content (AvgIpc) is 3.35. The molecular formula is C22H21N5OS. The quantitative estimate of drug-likeness (QED) is 0.545. The minimum Gasteiger partial charge on any atom is -0.383 e. The van der Waals surface area contributed by atoms with Gasteiger partial charge < -0.3 is 5.73 Å². The molecule has 3 heterocycles. The summed E-state index contributed by atoms with van der Waals surface area (Å²) in [7, 11) is 0. The number of carbonyl (C=O) groups is 1. The molecule has 0 unspecified atom stereocenters. The molecule has 3 aromatic heterocycles. The van der Waals surface area contributed by atoms with Crippen LogP contribution in [0.3, 0.4) is 0 Å². The van der Waals surface area contributed by atoms with Crippen LogP contribution in [0.25, 0.3) is 21.3 Å². The molecule has 1 aliphatic carbocycles. The lowest BCUT2D eigenvalue weighted by Crippen LogP contribution is -2.11. The number of rotatable bonds is 4. The normalized spacial score (nSPS) is 15.2. The molecule has 1 aliphatic rings. The molecule has 1 saturated carbocycles. The Bertz CT molecular complexity index is 1170. The van der Waals surface area contributed by atoms with E-state index in [0.29, 0.717) is 36.9 Å². The van der Waals surface area contributed by atoms with Crippen molar-refractivity contribution < 1.29 is 4.79 Å². The lowest BCUT2D eigenvalue weighted by atomic mass is 9.87. The Morgan fingerprint density at radius 1 is 1.14 bits per heavy atom. The van der Waals surface area contributed by atoms with Crippen molar-refractivity contribution in [3.05, 3.63) is 59.5 Å². The van der Waals surface area contributed by atoms with Gasteiger partial charge >= 0.3 is 0 Å². The number of ketones is 1. The summed E-state index contributed by atoms with van der Waals surface area (Å²) in [6.07, 6.45) is 8.53. The van der Waals surface area contributed by atoms with E-state index in [-0.39, 0.29) is 0 Å². The predicted molar refractivity (Wildman–Crippen MR) is 115 cm³/mol. The summed E-state index contributed by atoms with van der Waals surface area (Å²) in [4.78, 5) is 22.8. The van der Waals surface area contributed by atoms with Crippen LogP contribution in [0.15, 0.2) is 49.1 Å². The van der Waals surface area contributed by atoms with E-state index in [9.17, 15) is 4.79 Å². The Morgan fingerprint density at radius 3 is 2.72 bits per heavy atom. The summed E-state index contributed by atoms with van der Waals surface area (Å²) in [6, 6.07) is 10.3. The standard InChI is InChI=1S/C22H21N5OS/c23-22-18-19(24-13-25-22)21(15-6-8-17(28)9-7-15)29-20(18)16-10-26-27(12-16)11-14-4-2-1-3-5-14/h1-5,10,12-13,15H,6-9,11H2,(H2,23,24,25). The molecule has 146 valence electrons. The molecule has 29 heavy (non-hydrogen) atoms. The van der Waals surface area contributed by atoms with Crippen LogP contribution in [0.5, 0.6) is 0 Å². The number of hydrogen-bond donors (Lipinski definition) is 1. The van der Waals surface area contributed by atoms with Gasteiger partial charge in [-0.1, -0.05) is 30.3 Å². The Hall–Kier alpha value is -3.06. The zero-order valence-corrected chi connectivity index (χ0v) is 16.7. The van der Waals surface area contributed by atoms with E-state index in [2.05, 4.69) is 33.4 Å². The molecule has 4 aromatic rings. The van der Waals surface area contributed by atoms with E-state index in [1.54, 1.807) is 11.3 Å². The number of fused-ring (bicyclic) bond motifs is 1. The van der Waals surface area contributed by atoms with Gasteiger partial charge in [0.1, 0.15) is 17.9 Å². The highest BCUT2D eigenvalue weighted by molar-refractivity contribution is 7.17. The highest BCUT2D eigenvalue weighted by Crippen LogP contribution is 2.46. The molecule has 1 aromatic carbocycles. The summed E-state index contributed by atoms with van der Waals surface area (Å²) < 4.78 is 1.94. The number of nitrogens with two attached hydrogens (primary N) is 1. The van der Waals surface area contributed by atoms with Crippen molar-refractivity contribution in [2.45, 2.75) is 38.1 Å². The molecule has 1 fully saturated rings. The van der Waals surface area contributed by atoms with Crippen molar-refractivity contribution in [1.82, 2.24) is 19.7 Å². The molecule has 2 N–H and O–H groups in total. The zero-order chi connectivity index (χ0) is 19.8. The van der Waals surface area contributed by atoms with Gasteiger partial charge in [0.05, 0.1) is 28.5 Å². The minimum absolute atomic E-state index is 0.350. The Labute approximate surface area is 172 Å². The second kappa shape index (κ2) is 7.40. The number of aromatic nitrogens is 4. The van der Waals surface area contributed by atoms with Crippen molar-refractivity contribution in [3.63, 3.8) is 0 Å². The Balaban J connectivity index is 1.54. The van der Waals surface area contributed by atoms with Gasteiger partial charge in [-0.3, -0.25) is 9.48 Å². The summed E-state index contributed by atoms with van der Waals surface area (Å²) in [6.45, 7) is 0.716. The molecular weight excluding hydrogens is 382 g/mol. The van der Waals surface area contributed by atoms with Crippen molar-refractivity contribution in [1.29, 1.82) is 0 Å². The van der Waals surface area contributed by atoms with Gasteiger partial charge in [-0.05, 0) is 24.3 Å². The third kappa shape index (κ3) is 3.42. The maximum Gasteiger partial charge on any atom is 0.136 e. The first-order chi connectivity index (χ1) is 14.2. The van der Waals surface area contributed by atoms with Crippen LogP contribution in [0.2, 0.25) is 0 Å². The Kier molecular flexibility index (Phi) is 4.60. The Morgan fingerprint density at radius 2 is 1.93 bits per heavy atom. The lowest BCUT2D eigenvalue weighted by Gasteiger charge is -2.19. The number of Topliss-reactive ketones (excluding diaryl/α,β-unsaturated/α-hetero) is 1. The highest BCUT2D eigenvalue weighted by Gasteiger charge is 2.27. The predicted octanol–water partition coefficient (Wildman–Crippen LogP) is 4.41. The van der Waals surface area contributed by atoms with Crippen LogP contribution in [0, 0.1) is 0 Å². The number of thiophene rings is 1. The monoisotopic (exact) mass is 403 g/mol. The largest absolute Gasteiger partial charge is 0.383 e. The number of nitrogens with zero attached hydrogens (tertiary/aromatic N) is 4. The fraction of sp³-hybridized carbons (Fsp3) is 0.273. The summed E-state index contributed by atoms with van der Waals surface area (Å²) in [5.41, 5.74) is 9.41. The van der Waals surface area contributed by atoms with Gasteiger partial charge in [-0.25, -0.2) is 9.97 Å². The van der Waals surface area contributed by atoms with Gasteiger partial charge in [0, 0.05) is 29.5 Å². The number of carbonyl (C=O) groups excluding carboxylic acids is 1. The first-order valence-electron chi connectivity index (χ1n) is 9.80. The van der Waals surface area contributed by atoms with Gasteiger partial charge in [-0.2, -0.15) is 5.10 Å². The fourth-order valence-corrected chi connectivity index (χ4v) is 5.44. The first-order valence-corrected chi connectivity index (χ1v) is 10.6. The van der Waals surface area contributed by atoms with Gasteiger partial charge in [0.25, 0.3) is 0 Å². The molecule has 0 spiro atoms. The third-order valence-electron chi connectivity index (χ3n) is 5.55. The zero-order valence-electron chi connectivity index (χ0n) is 15.9. The molecule has 0 radical (unpaired) electrons. The van der Waals surface area contributed by atoms with Crippen LogP contribution in [0.1, 0.15) is 42.0 Å². The van der Waals surface area contributed by atoms with Crippen LogP contribution >= 0.6 is 11.3 Å². The highest BCUT2D eigenvalue weighted by atomic mass is 32.1. The third-order valence-corrected chi connectivity index (χ3v) is 6.94. The minimum atomic E-state index is 0.350. The molecule has 0 amide bonds. The summed E-state index contributed by atoms with van der Waals surface area (Å²) >= 11 is 1.72. The number of hydrogen-bond acceptors (Lipinski definition) is 6. The van der Waals surface area contributed by atoms with Crippen molar-refractivity contribution in [2.75, 3.05) is 5.73 Å². The number of anilines is 1. The van der Waals surface area contributed by atoms with Crippen LogP contribution < -0.4 is 5.73 Å². The van der Waals surface area contributed by atoms with Crippen molar-refractivity contribution in [3.8, 4) is 10.4 Å². The van der Waals surface area contributed by atoms with E-state index in [1.807, 2.05) is 29.1 Å². The number of benzene rings is 1.